The molecule has 1 aliphatic rings. The van der Waals surface area contributed by atoms with Crippen LogP contribution in [0.5, 0.6) is 0 Å². The zero-order valence-corrected chi connectivity index (χ0v) is 8.79. The minimum absolute atomic E-state index is 0.267. The third-order valence-electron chi connectivity index (χ3n) is 2.88. The average molecular weight is 209 g/mol. The summed E-state index contributed by atoms with van der Waals surface area (Å²) in [6.45, 7) is 0.815. The lowest BCUT2D eigenvalue weighted by Gasteiger charge is -2.33. The number of carbonyl (C=O) groups is 1. The third kappa shape index (κ3) is 1.65. The van der Waals surface area contributed by atoms with Gasteiger partial charge in [-0.2, -0.15) is 0 Å². The highest BCUT2D eigenvalue weighted by molar-refractivity contribution is 5.81. The first kappa shape index (κ1) is 10.2. The van der Waals surface area contributed by atoms with E-state index in [1.807, 2.05) is 6.07 Å². The summed E-state index contributed by atoms with van der Waals surface area (Å²) in [4.78, 5) is 11.8. The van der Waals surface area contributed by atoms with E-state index in [4.69, 9.17) is 9.15 Å². The van der Waals surface area contributed by atoms with E-state index < -0.39 is 5.54 Å². The van der Waals surface area contributed by atoms with Crippen molar-refractivity contribution >= 4 is 5.97 Å². The molecule has 0 aliphatic carbocycles. The van der Waals surface area contributed by atoms with Crippen molar-refractivity contribution < 1.29 is 13.9 Å². The van der Waals surface area contributed by atoms with Gasteiger partial charge in [0.25, 0.3) is 0 Å². The van der Waals surface area contributed by atoms with Crippen molar-refractivity contribution in [2.24, 2.45) is 0 Å². The zero-order chi connectivity index (χ0) is 10.7. The van der Waals surface area contributed by atoms with Crippen LogP contribution >= 0.6 is 0 Å². The van der Waals surface area contributed by atoms with E-state index in [0.717, 1.165) is 25.8 Å². The van der Waals surface area contributed by atoms with E-state index in [1.165, 1.54) is 7.11 Å². The molecular weight excluding hydrogens is 194 g/mol. The Kier molecular flexibility index (Phi) is 2.77. The molecule has 0 spiro atoms. The lowest BCUT2D eigenvalue weighted by molar-refractivity contribution is -0.151. The van der Waals surface area contributed by atoms with Gasteiger partial charge in [-0.15, -0.1) is 0 Å². The Labute approximate surface area is 88.6 Å². The molecule has 2 rings (SSSR count). The zero-order valence-electron chi connectivity index (χ0n) is 8.79. The molecule has 2 heterocycles. The number of nitrogens with one attached hydrogen (secondary N) is 1. The van der Waals surface area contributed by atoms with Gasteiger partial charge in [-0.3, -0.25) is 5.32 Å². The molecule has 0 saturated carbocycles. The number of methoxy groups -OCH3 is 1. The van der Waals surface area contributed by atoms with Crippen molar-refractivity contribution in [2.45, 2.75) is 24.8 Å². The topological polar surface area (TPSA) is 51.5 Å². The number of hydrogen-bond donors (Lipinski definition) is 1. The van der Waals surface area contributed by atoms with Crippen LogP contribution in [0.4, 0.5) is 0 Å². The largest absolute Gasteiger partial charge is 0.467 e. The number of esters is 1. The van der Waals surface area contributed by atoms with Crippen LogP contribution in [0.2, 0.25) is 0 Å². The Bertz CT molecular complexity index is 326. The van der Waals surface area contributed by atoms with Crippen molar-refractivity contribution in [1.82, 2.24) is 5.32 Å². The molecular formula is C11H15NO3. The second-order valence-electron chi connectivity index (χ2n) is 3.76. The van der Waals surface area contributed by atoms with E-state index in [2.05, 4.69) is 5.32 Å². The summed E-state index contributed by atoms with van der Waals surface area (Å²) in [6, 6.07) is 3.60. The molecule has 1 aromatic rings. The molecule has 15 heavy (non-hydrogen) atoms. The van der Waals surface area contributed by atoms with E-state index >= 15 is 0 Å². The van der Waals surface area contributed by atoms with Crippen LogP contribution < -0.4 is 5.32 Å². The van der Waals surface area contributed by atoms with Crippen LogP contribution in [0, 0.1) is 0 Å². The Hall–Kier alpha value is -1.29. The molecule has 1 saturated heterocycles. The van der Waals surface area contributed by atoms with Crippen molar-refractivity contribution in [2.75, 3.05) is 13.7 Å². The van der Waals surface area contributed by atoms with Crippen molar-refractivity contribution in [3.63, 3.8) is 0 Å². The SMILES string of the molecule is COC(=O)C1(c2ccco2)CCCCN1. The molecule has 1 atom stereocenters. The van der Waals surface area contributed by atoms with E-state index in [0.29, 0.717) is 5.76 Å². The molecule has 1 aromatic heterocycles. The highest BCUT2D eigenvalue weighted by Crippen LogP contribution is 2.31. The lowest BCUT2D eigenvalue weighted by atomic mass is 9.86. The Morgan fingerprint density at radius 3 is 3.00 bits per heavy atom. The van der Waals surface area contributed by atoms with Gasteiger partial charge >= 0.3 is 5.97 Å². The minimum atomic E-state index is -0.767. The monoisotopic (exact) mass is 209 g/mol. The van der Waals surface area contributed by atoms with Crippen LogP contribution in [0.3, 0.4) is 0 Å². The number of hydrogen-bond acceptors (Lipinski definition) is 4. The first-order chi connectivity index (χ1) is 7.29. The number of piperidine rings is 1. The fourth-order valence-corrected chi connectivity index (χ4v) is 2.09. The molecule has 0 radical (unpaired) electrons. The fourth-order valence-electron chi connectivity index (χ4n) is 2.09. The molecule has 0 bridgehead atoms. The van der Waals surface area contributed by atoms with E-state index in [-0.39, 0.29) is 5.97 Å². The maximum Gasteiger partial charge on any atom is 0.334 e. The summed E-state index contributed by atoms with van der Waals surface area (Å²) in [5, 5.41) is 3.22. The molecule has 1 fully saturated rings. The average Bonchev–Trinajstić information content (AvgIpc) is 2.83. The third-order valence-corrected chi connectivity index (χ3v) is 2.88. The number of rotatable bonds is 2. The number of carbonyl (C=O) groups excluding carboxylic acids is 1. The van der Waals surface area contributed by atoms with Crippen molar-refractivity contribution in [3.8, 4) is 0 Å². The molecule has 1 unspecified atom stereocenters. The van der Waals surface area contributed by atoms with Gasteiger partial charge in [0, 0.05) is 0 Å². The molecule has 1 N–H and O–H groups in total. The summed E-state index contributed by atoms with van der Waals surface area (Å²) in [5.74, 6) is 0.381. The predicted molar refractivity (Wildman–Crippen MR) is 54.3 cm³/mol. The van der Waals surface area contributed by atoms with Gasteiger partial charge in [0.2, 0.25) is 0 Å². The predicted octanol–water partition coefficient (Wildman–Crippen LogP) is 1.42. The van der Waals surface area contributed by atoms with Crippen molar-refractivity contribution in [3.05, 3.63) is 24.2 Å². The summed E-state index contributed by atoms with van der Waals surface area (Å²) in [5.41, 5.74) is -0.767. The quantitative estimate of drug-likeness (QED) is 0.748. The van der Waals surface area contributed by atoms with Gasteiger partial charge < -0.3 is 9.15 Å². The highest BCUT2D eigenvalue weighted by atomic mass is 16.5. The summed E-state index contributed by atoms with van der Waals surface area (Å²) < 4.78 is 10.2. The van der Waals surface area contributed by atoms with Crippen molar-refractivity contribution in [1.29, 1.82) is 0 Å². The second-order valence-corrected chi connectivity index (χ2v) is 3.76. The van der Waals surface area contributed by atoms with Crippen LogP contribution in [0.15, 0.2) is 22.8 Å². The number of ether oxygens (including phenoxy) is 1. The molecule has 0 aromatic carbocycles. The smallest absolute Gasteiger partial charge is 0.334 e. The van der Waals surface area contributed by atoms with Crippen LogP contribution in [0.25, 0.3) is 0 Å². The van der Waals surface area contributed by atoms with E-state index in [1.54, 1.807) is 12.3 Å². The molecule has 0 amide bonds. The molecule has 4 nitrogen and oxygen atoms in total. The lowest BCUT2D eigenvalue weighted by Crippen LogP contribution is -2.52. The van der Waals surface area contributed by atoms with Gasteiger partial charge in [-0.05, 0) is 37.9 Å². The standard InChI is InChI=1S/C11H15NO3/c1-14-10(13)11(6-2-3-7-12-11)9-5-4-8-15-9/h4-5,8,12H,2-3,6-7H2,1H3. The first-order valence-electron chi connectivity index (χ1n) is 5.17. The summed E-state index contributed by atoms with van der Waals surface area (Å²) in [7, 11) is 1.41. The Morgan fingerprint density at radius 2 is 2.47 bits per heavy atom. The first-order valence-corrected chi connectivity index (χ1v) is 5.17. The van der Waals surface area contributed by atoms with Gasteiger partial charge in [0.15, 0.2) is 5.54 Å². The molecule has 82 valence electrons. The van der Waals surface area contributed by atoms with Gasteiger partial charge in [-0.25, -0.2) is 4.79 Å². The summed E-state index contributed by atoms with van der Waals surface area (Å²) in [6.07, 6.45) is 4.39. The van der Waals surface area contributed by atoms with Gasteiger partial charge in [-0.1, -0.05) is 0 Å². The highest BCUT2D eigenvalue weighted by Gasteiger charge is 2.44. The molecule has 4 heteroatoms. The van der Waals surface area contributed by atoms with Gasteiger partial charge in [0.1, 0.15) is 5.76 Å². The van der Waals surface area contributed by atoms with Crippen LogP contribution in [0.1, 0.15) is 25.0 Å². The maximum absolute atomic E-state index is 11.8. The fraction of sp³-hybridized carbons (Fsp3) is 0.545. The minimum Gasteiger partial charge on any atom is -0.467 e. The molecule has 1 aliphatic heterocycles. The maximum atomic E-state index is 11.8. The van der Waals surface area contributed by atoms with E-state index in [9.17, 15) is 4.79 Å². The normalized spacial score (nSPS) is 26.2. The Morgan fingerprint density at radius 1 is 1.60 bits per heavy atom. The summed E-state index contributed by atoms with van der Waals surface area (Å²) >= 11 is 0. The van der Waals surface area contributed by atoms with Crippen LogP contribution in [-0.4, -0.2) is 19.6 Å². The second kappa shape index (κ2) is 4.06. The van der Waals surface area contributed by atoms with Crippen LogP contribution in [-0.2, 0) is 15.1 Å². The van der Waals surface area contributed by atoms with Gasteiger partial charge in [0.05, 0.1) is 13.4 Å². The Balaban J connectivity index is 2.34. The number of furan rings is 1.